The molecule has 0 bridgehead atoms. The Morgan fingerprint density at radius 3 is 2.82 bits per heavy atom. The number of thiophene rings is 1. The summed E-state index contributed by atoms with van der Waals surface area (Å²) in [4.78, 5) is 24.7. The van der Waals surface area contributed by atoms with Crippen molar-refractivity contribution in [1.82, 2.24) is 9.78 Å². The van der Waals surface area contributed by atoms with Crippen LogP contribution in [0.3, 0.4) is 0 Å². The van der Waals surface area contributed by atoms with Crippen LogP contribution in [0.5, 0.6) is 5.75 Å². The molecule has 166 valence electrons. The highest BCUT2D eigenvalue weighted by Gasteiger charge is 2.24. The van der Waals surface area contributed by atoms with Crippen molar-refractivity contribution in [3.63, 3.8) is 0 Å². The van der Waals surface area contributed by atoms with Crippen molar-refractivity contribution >= 4 is 23.0 Å². The van der Waals surface area contributed by atoms with Crippen molar-refractivity contribution in [3.05, 3.63) is 93.0 Å². The molecular formula is C23H17N3O6S. The maximum atomic E-state index is 13.1. The van der Waals surface area contributed by atoms with E-state index in [9.17, 15) is 14.9 Å². The quantitative estimate of drug-likeness (QED) is 0.231. The van der Waals surface area contributed by atoms with Gasteiger partial charge in [-0.25, -0.2) is 9.48 Å². The zero-order valence-corrected chi connectivity index (χ0v) is 18.0. The van der Waals surface area contributed by atoms with Crippen LogP contribution in [0.4, 0.5) is 5.69 Å². The molecule has 5 rings (SSSR count). The van der Waals surface area contributed by atoms with Crippen LogP contribution in [-0.4, -0.2) is 27.5 Å². The van der Waals surface area contributed by atoms with E-state index in [1.54, 1.807) is 10.9 Å². The first-order valence-electron chi connectivity index (χ1n) is 9.97. The first-order chi connectivity index (χ1) is 16.1. The fourth-order valence-corrected chi connectivity index (χ4v) is 4.27. The minimum atomic E-state index is -0.590. The molecule has 0 radical (unpaired) electrons. The zero-order chi connectivity index (χ0) is 22.8. The van der Waals surface area contributed by atoms with E-state index in [4.69, 9.17) is 14.2 Å². The second-order valence-corrected chi connectivity index (χ2v) is 8.13. The van der Waals surface area contributed by atoms with Gasteiger partial charge in [-0.3, -0.25) is 10.1 Å². The van der Waals surface area contributed by atoms with Gasteiger partial charge >= 0.3 is 5.97 Å². The average Bonchev–Trinajstić information content (AvgIpc) is 3.53. The molecule has 10 heteroatoms. The minimum Gasteiger partial charge on any atom is -0.467 e. The van der Waals surface area contributed by atoms with Crippen molar-refractivity contribution in [3.8, 4) is 22.0 Å². The largest absolute Gasteiger partial charge is 0.467 e. The van der Waals surface area contributed by atoms with Crippen molar-refractivity contribution in [2.45, 2.75) is 13.2 Å². The summed E-state index contributed by atoms with van der Waals surface area (Å²) in [6.45, 7) is 0.0195. The number of para-hydroxylation sites is 1. The van der Waals surface area contributed by atoms with E-state index in [1.165, 1.54) is 23.5 Å². The summed E-state index contributed by atoms with van der Waals surface area (Å²) in [7, 11) is 0. The third kappa shape index (κ3) is 4.21. The summed E-state index contributed by atoms with van der Waals surface area (Å²) >= 11 is 1.46. The fraction of sp³-hybridized carbons (Fsp3) is 0.130. The molecule has 1 aliphatic heterocycles. The maximum Gasteiger partial charge on any atom is 0.342 e. The number of rotatable bonds is 6. The average molecular weight is 463 g/mol. The van der Waals surface area contributed by atoms with Crippen molar-refractivity contribution < 1.29 is 23.9 Å². The van der Waals surface area contributed by atoms with E-state index in [0.29, 0.717) is 28.1 Å². The molecule has 0 fully saturated rings. The van der Waals surface area contributed by atoms with Gasteiger partial charge in [-0.05, 0) is 23.6 Å². The number of fused-ring (bicyclic) bond motifs is 1. The SMILES string of the molecule is O=C(OCc1cc([N+](=O)[O-])cc2c1OCOC2)c1cn(-c2ccccc2)nc1-c1cccs1. The summed E-state index contributed by atoms with van der Waals surface area (Å²) in [6, 6.07) is 15.9. The van der Waals surface area contributed by atoms with Gasteiger partial charge in [0.2, 0.25) is 0 Å². The number of carbonyl (C=O) groups excluding carboxylic acids is 1. The Kier molecular flexibility index (Phi) is 5.59. The van der Waals surface area contributed by atoms with Gasteiger partial charge in [0.1, 0.15) is 23.6 Å². The van der Waals surface area contributed by atoms with E-state index in [0.717, 1.165) is 10.6 Å². The number of carbonyl (C=O) groups is 1. The van der Waals surface area contributed by atoms with Gasteiger partial charge in [0.25, 0.3) is 5.69 Å². The molecule has 4 aromatic rings. The van der Waals surface area contributed by atoms with Crippen molar-refractivity contribution in [2.75, 3.05) is 6.79 Å². The van der Waals surface area contributed by atoms with E-state index >= 15 is 0 Å². The fourth-order valence-electron chi connectivity index (χ4n) is 3.55. The molecule has 0 atom stereocenters. The lowest BCUT2D eigenvalue weighted by Gasteiger charge is -2.20. The Morgan fingerprint density at radius 2 is 2.06 bits per heavy atom. The molecular weight excluding hydrogens is 446 g/mol. The molecule has 0 spiro atoms. The summed E-state index contributed by atoms with van der Waals surface area (Å²) in [5, 5.41) is 17.8. The molecule has 0 N–H and O–H groups in total. The Labute approximate surface area is 191 Å². The van der Waals surface area contributed by atoms with Gasteiger partial charge in [0, 0.05) is 29.5 Å². The first kappa shape index (κ1) is 20.9. The normalized spacial score (nSPS) is 12.6. The number of non-ortho nitro benzene ring substituents is 1. The monoisotopic (exact) mass is 463 g/mol. The van der Waals surface area contributed by atoms with Gasteiger partial charge in [-0.2, -0.15) is 5.10 Å². The van der Waals surface area contributed by atoms with E-state index in [-0.39, 0.29) is 25.7 Å². The standard InChI is InChI=1S/C23H17N3O6S/c27-23(31-13-16-10-18(26(28)29)9-15-12-30-14-32-22(15)16)19-11-25(17-5-2-1-3-6-17)24-21(19)20-7-4-8-33-20/h1-11H,12-14H2. The van der Waals surface area contributed by atoms with Crippen LogP contribution in [0.15, 0.2) is 66.2 Å². The Hall–Kier alpha value is -4.02. The molecule has 0 amide bonds. The molecule has 3 heterocycles. The lowest BCUT2D eigenvalue weighted by molar-refractivity contribution is -0.385. The van der Waals surface area contributed by atoms with Gasteiger partial charge in [-0.15, -0.1) is 11.3 Å². The van der Waals surface area contributed by atoms with E-state index < -0.39 is 10.9 Å². The third-order valence-corrected chi connectivity index (χ3v) is 5.93. The van der Waals surface area contributed by atoms with Gasteiger partial charge in [0.15, 0.2) is 6.79 Å². The van der Waals surface area contributed by atoms with Gasteiger partial charge in [-0.1, -0.05) is 24.3 Å². The zero-order valence-electron chi connectivity index (χ0n) is 17.2. The Morgan fingerprint density at radius 1 is 1.21 bits per heavy atom. The topological polar surface area (TPSA) is 106 Å². The number of hydrogen-bond donors (Lipinski definition) is 0. The molecule has 0 saturated heterocycles. The molecule has 9 nitrogen and oxygen atoms in total. The second kappa shape index (κ2) is 8.85. The predicted molar refractivity (Wildman–Crippen MR) is 119 cm³/mol. The van der Waals surface area contributed by atoms with E-state index in [1.807, 2.05) is 47.8 Å². The first-order valence-corrected chi connectivity index (χ1v) is 10.8. The smallest absolute Gasteiger partial charge is 0.342 e. The van der Waals surface area contributed by atoms with Gasteiger partial charge < -0.3 is 14.2 Å². The lowest BCUT2D eigenvalue weighted by Crippen LogP contribution is -2.15. The van der Waals surface area contributed by atoms with Crippen LogP contribution in [0.25, 0.3) is 16.3 Å². The number of esters is 1. The van der Waals surface area contributed by atoms with Crippen LogP contribution in [-0.2, 0) is 22.7 Å². The Balaban J connectivity index is 1.46. The minimum absolute atomic E-state index is 0.0259. The maximum absolute atomic E-state index is 13.1. The molecule has 33 heavy (non-hydrogen) atoms. The molecule has 1 aliphatic rings. The summed E-state index contributed by atoms with van der Waals surface area (Å²) < 4.78 is 17.9. The van der Waals surface area contributed by atoms with Gasteiger partial charge in [0.05, 0.1) is 22.1 Å². The highest BCUT2D eigenvalue weighted by atomic mass is 32.1. The summed E-state index contributed by atoms with van der Waals surface area (Å²) in [6.07, 6.45) is 1.62. The number of nitro benzene ring substituents is 1. The van der Waals surface area contributed by atoms with Crippen molar-refractivity contribution in [1.29, 1.82) is 0 Å². The predicted octanol–water partition coefficient (Wildman–Crippen LogP) is 4.73. The van der Waals surface area contributed by atoms with Crippen LogP contribution >= 0.6 is 11.3 Å². The number of benzene rings is 2. The molecule has 0 aliphatic carbocycles. The second-order valence-electron chi connectivity index (χ2n) is 7.19. The highest BCUT2D eigenvalue weighted by Crippen LogP contribution is 2.34. The molecule has 2 aromatic heterocycles. The Bertz CT molecular complexity index is 1320. The number of hydrogen-bond acceptors (Lipinski definition) is 8. The van der Waals surface area contributed by atoms with Crippen LogP contribution in [0.2, 0.25) is 0 Å². The van der Waals surface area contributed by atoms with Crippen LogP contribution in [0.1, 0.15) is 21.5 Å². The highest BCUT2D eigenvalue weighted by molar-refractivity contribution is 7.13. The van der Waals surface area contributed by atoms with Crippen molar-refractivity contribution in [2.24, 2.45) is 0 Å². The number of aromatic nitrogens is 2. The molecule has 2 aromatic carbocycles. The summed E-state index contributed by atoms with van der Waals surface area (Å²) in [5.41, 5.74) is 2.43. The molecule has 0 saturated carbocycles. The van der Waals surface area contributed by atoms with Crippen LogP contribution in [0, 0.1) is 10.1 Å². The van der Waals surface area contributed by atoms with Crippen LogP contribution < -0.4 is 4.74 Å². The number of nitro groups is 1. The number of ether oxygens (including phenoxy) is 3. The number of nitrogens with zero attached hydrogens (tertiary/aromatic N) is 3. The lowest BCUT2D eigenvalue weighted by atomic mass is 10.1. The van der Waals surface area contributed by atoms with E-state index in [2.05, 4.69) is 5.10 Å². The molecule has 0 unspecified atom stereocenters. The summed E-state index contributed by atoms with van der Waals surface area (Å²) in [5.74, 6) is -0.147. The third-order valence-electron chi connectivity index (χ3n) is 5.05.